The number of aromatic nitrogens is 4. The van der Waals surface area contributed by atoms with Crippen LogP contribution in [0.2, 0.25) is 0 Å². The third-order valence-electron chi connectivity index (χ3n) is 4.89. The van der Waals surface area contributed by atoms with Crippen molar-refractivity contribution in [2.24, 2.45) is 11.8 Å². The Balaban J connectivity index is 1.52. The number of hydrogen-bond donors (Lipinski definition) is 0. The van der Waals surface area contributed by atoms with E-state index in [0.29, 0.717) is 18.4 Å². The van der Waals surface area contributed by atoms with Crippen molar-refractivity contribution in [2.75, 3.05) is 26.3 Å². The fraction of sp³-hybridized carbons (Fsp3) is 0.588. The molecule has 1 fully saturated rings. The molecular formula is C17H23N5O2. The van der Waals surface area contributed by atoms with Gasteiger partial charge in [-0.15, -0.1) is 0 Å². The van der Waals surface area contributed by atoms with Crippen molar-refractivity contribution >= 4 is 0 Å². The molecule has 7 heteroatoms. The highest BCUT2D eigenvalue weighted by Gasteiger charge is 2.26. The molecule has 1 saturated heterocycles. The molecule has 2 aliphatic rings. The van der Waals surface area contributed by atoms with Crippen LogP contribution in [0.15, 0.2) is 35.5 Å². The summed E-state index contributed by atoms with van der Waals surface area (Å²) in [5.41, 5.74) is -0.0386. The van der Waals surface area contributed by atoms with E-state index < -0.39 is 0 Å². The van der Waals surface area contributed by atoms with Gasteiger partial charge in [0.15, 0.2) is 0 Å². The zero-order valence-corrected chi connectivity index (χ0v) is 13.8. The smallest absolute Gasteiger partial charge is 0.266 e. The van der Waals surface area contributed by atoms with Crippen molar-refractivity contribution < 1.29 is 4.74 Å². The van der Waals surface area contributed by atoms with Crippen molar-refractivity contribution in [3.63, 3.8) is 0 Å². The maximum Gasteiger partial charge on any atom is 0.266 e. The van der Waals surface area contributed by atoms with Crippen molar-refractivity contribution in [1.82, 2.24) is 24.2 Å². The Kier molecular flexibility index (Phi) is 4.44. The first-order valence-corrected chi connectivity index (χ1v) is 8.60. The molecule has 0 unspecified atom stereocenters. The molecule has 0 amide bonds. The summed E-state index contributed by atoms with van der Waals surface area (Å²) in [6, 6.07) is 3.26. The molecule has 2 aliphatic heterocycles. The number of fused-ring (bicyclic) bond motifs is 1. The van der Waals surface area contributed by atoms with Crippen LogP contribution in [-0.2, 0) is 24.4 Å². The van der Waals surface area contributed by atoms with Gasteiger partial charge >= 0.3 is 0 Å². The maximum absolute atomic E-state index is 12.0. The third kappa shape index (κ3) is 3.42. The van der Waals surface area contributed by atoms with E-state index in [9.17, 15) is 4.79 Å². The average Bonchev–Trinajstić information content (AvgIpc) is 3.19. The van der Waals surface area contributed by atoms with Crippen LogP contribution in [0.3, 0.4) is 0 Å². The summed E-state index contributed by atoms with van der Waals surface area (Å²) in [5.74, 6) is 2.03. The van der Waals surface area contributed by atoms with Crippen LogP contribution in [-0.4, -0.2) is 50.5 Å². The normalized spacial score (nSPS) is 24.7. The molecule has 0 radical (unpaired) electrons. The molecule has 7 nitrogen and oxygen atoms in total. The van der Waals surface area contributed by atoms with Gasteiger partial charge in [0.25, 0.3) is 5.56 Å². The van der Waals surface area contributed by atoms with Gasteiger partial charge in [-0.3, -0.25) is 9.69 Å². The first-order valence-electron chi connectivity index (χ1n) is 8.60. The van der Waals surface area contributed by atoms with E-state index in [1.54, 1.807) is 23.0 Å². The summed E-state index contributed by atoms with van der Waals surface area (Å²) >= 11 is 0. The molecule has 24 heavy (non-hydrogen) atoms. The van der Waals surface area contributed by atoms with Gasteiger partial charge in [0, 0.05) is 56.8 Å². The topological polar surface area (TPSA) is 65.2 Å². The van der Waals surface area contributed by atoms with Gasteiger partial charge in [-0.1, -0.05) is 0 Å². The first-order chi connectivity index (χ1) is 11.8. The van der Waals surface area contributed by atoms with Crippen LogP contribution in [0, 0.1) is 11.8 Å². The second-order valence-electron chi connectivity index (χ2n) is 6.83. The molecule has 2 aromatic rings. The molecule has 0 aromatic carbocycles. The van der Waals surface area contributed by atoms with Gasteiger partial charge in [0.05, 0.1) is 19.7 Å². The van der Waals surface area contributed by atoms with Crippen molar-refractivity contribution in [2.45, 2.75) is 26.1 Å². The van der Waals surface area contributed by atoms with E-state index in [0.717, 1.165) is 51.6 Å². The molecule has 2 aromatic heterocycles. The molecule has 4 rings (SSSR count). The summed E-state index contributed by atoms with van der Waals surface area (Å²) in [4.78, 5) is 19.0. The number of hydrogen-bond acceptors (Lipinski definition) is 5. The predicted octanol–water partition coefficient (Wildman–Crippen LogP) is 0.608. The van der Waals surface area contributed by atoms with Crippen LogP contribution in [0.1, 0.15) is 12.2 Å². The Morgan fingerprint density at radius 3 is 3.00 bits per heavy atom. The molecule has 0 bridgehead atoms. The second kappa shape index (κ2) is 6.86. The number of rotatable bonds is 4. The van der Waals surface area contributed by atoms with Gasteiger partial charge in [0.1, 0.15) is 5.82 Å². The highest BCUT2D eigenvalue weighted by Crippen LogP contribution is 2.20. The van der Waals surface area contributed by atoms with Crippen LogP contribution in [0.4, 0.5) is 0 Å². The van der Waals surface area contributed by atoms with E-state index in [2.05, 4.69) is 19.5 Å². The minimum Gasteiger partial charge on any atom is -0.381 e. The third-order valence-corrected chi connectivity index (χ3v) is 4.89. The lowest BCUT2D eigenvalue weighted by atomic mass is 10.1. The lowest BCUT2D eigenvalue weighted by molar-refractivity contribution is 0.152. The van der Waals surface area contributed by atoms with Gasteiger partial charge in [-0.05, 0) is 18.4 Å². The Hall–Kier alpha value is -1.99. The fourth-order valence-corrected chi connectivity index (χ4v) is 3.74. The zero-order chi connectivity index (χ0) is 16.4. The van der Waals surface area contributed by atoms with E-state index in [1.165, 1.54) is 0 Å². The predicted molar refractivity (Wildman–Crippen MR) is 88.4 cm³/mol. The molecular weight excluding hydrogens is 306 g/mol. The Morgan fingerprint density at radius 1 is 1.21 bits per heavy atom. The molecule has 0 aliphatic carbocycles. The van der Waals surface area contributed by atoms with Gasteiger partial charge in [-0.2, -0.15) is 5.10 Å². The number of imidazole rings is 1. The monoisotopic (exact) mass is 329 g/mol. The van der Waals surface area contributed by atoms with E-state index >= 15 is 0 Å². The van der Waals surface area contributed by atoms with E-state index in [1.807, 2.05) is 12.4 Å². The van der Waals surface area contributed by atoms with E-state index in [-0.39, 0.29) is 5.56 Å². The van der Waals surface area contributed by atoms with Crippen LogP contribution < -0.4 is 5.56 Å². The van der Waals surface area contributed by atoms with Crippen LogP contribution in [0.5, 0.6) is 0 Å². The zero-order valence-electron chi connectivity index (χ0n) is 13.8. The Morgan fingerprint density at radius 2 is 2.17 bits per heavy atom. The largest absolute Gasteiger partial charge is 0.381 e. The lowest BCUT2D eigenvalue weighted by Crippen LogP contribution is -2.36. The average molecular weight is 329 g/mol. The standard InChI is InChI=1S/C17H23N5O2/c23-17-2-1-4-19-22(17)11-15-9-20(8-14-3-7-24-13-14)12-16-18-5-6-21(16)10-15/h1-2,4-6,14-15H,3,7-13H2/t14-,15-/m0/s1. The Labute approximate surface area is 140 Å². The van der Waals surface area contributed by atoms with Crippen LogP contribution >= 0.6 is 0 Å². The SMILES string of the molecule is O=c1cccnn1C[C@H]1CN(C[C@@H]2CCOC2)Cc2nccn2C1. The number of ether oxygens (including phenoxy) is 1. The Bertz CT molecular complexity index is 734. The fourth-order valence-electron chi connectivity index (χ4n) is 3.74. The summed E-state index contributed by atoms with van der Waals surface area (Å²) in [6.45, 7) is 6.07. The van der Waals surface area contributed by atoms with Crippen LogP contribution in [0.25, 0.3) is 0 Å². The molecule has 128 valence electrons. The summed E-state index contributed by atoms with van der Waals surface area (Å²) in [5, 5.41) is 4.22. The first kappa shape index (κ1) is 15.5. The highest BCUT2D eigenvalue weighted by atomic mass is 16.5. The van der Waals surface area contributed by atoms with E-state index in [4.69, 9.17) is 4.74 Å². The summed E-state index contributed by atoms with van der Waals surface area (Å²) in [7, 11) is 0. The van der Waals surface area contributed by atoms with Gasteiger partial charge < -0.3 is 9.30 Å². The molecule has 0 N–H and O–H groups in total. The minimum absolute atomic E-state index is 0.0386. The van der Waals surface area contributed by atoms with Crippen molar-refractivity contribution in [3.8, 4) is 0 Å². The van der Waals surface area contributed by atoms with Crippen molar-refractivity contribution in [1.29, 1.82) is 0 Å². The number of nitrogens with zero attached hydrogens (tertiary/aromatic N) is 5. The highest BCUT2D eigenvalue weighted by molar-refractivity contribution is 4.96. The van der Waals surface area contributed by atoms with Gasteiger partial charge in [0.2, 0.25) is 0 Å². The lowest BCUT2D eigenvalue weighted by Gasteiger charge is -2.26. The quantitative estimate of drug-likeness (QED) is 0.822. The molecule has 0 spiro atoms. The molecule has 0 saturated carbocycles. The molecule has 4 heterocycles. The minimum atomic E-state index is -0.0386. The summed E-state index contributed by atoms with van der Waals surface area (Å²) < 4.78 is 9.30. The van der Waals surface area contributed by atoms with Gasteiger partial charge in [-0.25, -0.2) is 9.67 Å². The molecule has 2 atom stereocenters. The summed E-state index contributed by atoms with van der Waals surface area (Å²) in [6.07, 6.45) is 6.71. The second-order valence-corrected chi connectivity index (χ2v) is 6.83. The maximum atomic E-state index is 12.0. The van der Waals surface area contributed by atoms with Crippen molar-refractivity contribution in [3.05, 3.63) is 46.9 Å².